The van der Waals surface area contributed by atoms with E-state index in [9.17, 15) is 4.79 Å². The number of hydrogen-bond acceptors (Lipinski definition) is 2. The lowest BCUT2D eigenvalue weighted by Crippen LogP contribution is -2.49. The number of carbonyl (C=O) groups is 1. The smallest absolute Gasteiger partial charge is 0.239 e. The fraction of sp³-hybridized carbons (Fsp3) is 0.562. The molecule has 2 N–H and O–H groups in total. The van der Waals surface area contributed by atoms with E-state index in [1.54, 1.807) is 0 Å². The molecule has 0 aromatic heterocycles. The highest BCUT2D eigenvalue weighted by Gasteiger charge is 2.28. The molecular formula is C16H23BrN2O. The summed E-state index contributed by atoms with van der Waals surface area (Å²) < 4.78 is 1.11. The fourth-order valence-corrected chi connectivity index (χ4v) is 2.93. The van der Waals surface area contributed by atoms with E-state index in [2.05, 4.69) is 40.2 Å². The second-order valence-electron chi connectivity index (χ2n) is 5.92. The molecule has 0 saturated carbocycles. The fourth-order valence-electron chi connectivity index (χ4n) is 2.66. The number of carbonyl (C=O) groups excluding carboxylic acids is 1. The van der Waals surface area contributed by atoms with Gasteiger partial charge in [-0.3, -0.25) is 4.79 Å². The second-order valence-corrected chi connectivity index (χ2v) is 6.84. The summed E-state index contributed by atoms with van der Waals surface area (Å²) in [5.41, 5.74) is 7.33. The van der Waals surface area contributed by atoms with Crippen molar-refractivity contribution in [1.29, 1.82) is 0 Å². The monoisotopic (exact) mass is 338 g/mol. The highest BCUT2D eigenvalue weighted by molar-refractivity contribution is 9.10. The van der Waals surface area contributed by atoms with Gasteiger partial charge in [0.05, 0.1) is 6.04 Å². The molecule has 110 valence electrons. The van der Waals surface area contributed by atoms with Gasteiger partial charge in [-0.2, -0.15) is 0 Å². The summed E-state index contributed by atoms with van der Waals surface area (Å²) in [6.45, 7) is 5.63. The first-order valence-corrected chi connectivity index (χ1v) is 8.08. The lowest BCUT2D eigenvalue weighted by atomic mass is 9.89. The number of rotatable bonds is 3. The highest BCUT2D eigenvalue weighted by atomic mass is 79.9. The van der Waals surface area contributed by atoms with Crippen LogP contribution in [0.25, 0.3) is 0 Å². The van der Waals surface area contributed by atoms with Gasteiger partial charge in [0, 0.05) is 17.6 Å². The van der Waals surface area contributed by atoms with Crippen LogP contribution in [0.3, 0.4) is 0 Å². The second kappa shape index (κ2) is 6.72. The molecule has 0 bridgehead atoms. The molecule has 1 atom stereocenters. The zero-order valence-corrected chi connectivity index (χ0v) is 13.8. The normalized spacial score (nSPS) is 18.4. The van der Waals surface area contributed by atoms with E-state index in [0.717, 1.165) is 30.4 Å². The Labute approximate surface area is 129 Å². The Morgan fingerprint density at radius 3 is 2.30 bits per heavy atom. The summed E-state index contributed by atoms with van der Waals surface area (Å²) in [7, 11) is 0. The first-order valence-electron chi connectivity index (χ1n) is 7.29. The molecule has 0 radical (unpaired) electrons. The number of halogens is 1. The van der Waals surface area contributed by atoms with Gasteiger partial charge in [0.25, 0.3) is 0 Å². The van der Waals surface area contributed by atoms with Crippen LogP contribution in [0.1, 0.15) is 38.2 Å². The largest absolute Gasteiger partial charge is 0.341 e. The van der Waals surface area contributed by atoms with Crippen LogP contribution in [-0.4, -0.2) is 29.9 Å². The van der Waals surface area contributed by atoms with Crippen LogP contribution in [0.15, 0.2) is 28.7 Å². The predicted octanol–water partition coefficient (Wildman–Crippen LogP) is 3.14. The molecule has 1 aliphatic heterocycles. The number of piperidine rings is 1. The molecule has 1 aromatic rings. The van der Waals surface area contributed by atoms with Crippen LogP contribution in [0.2, 0.25) is 0 Å². The summed E-state index contributed by atoms with van der Waals surface area (Å²) in [6.07, 6.45) is 2.05. The SMILES string of the molecule is CC(C)[C@@H](N)C(=O)N1CCC(c2ccc(Br)cc2)CC1. The summed E-state index contributed by atoms with van der Waals surface area (Å²) >= 11 is 3.46. The van der Waals surface area contributed by atoms with Gasteiger partial charge in [0.1, 0.15) is 0 Å². The molecule has 1 amide bonds. The van der Waals surface area contributed by atoms with Gasteiger partial charge in [0.2, 0.25) is 5.91 Å². The summed E-state index contributed by atoms with van der Waals surface area (Å²) in [6, 6.07) is 8.15. The molecule has 1 saturated heterocycles. The number of nitrogens with two attached hydrogens (primary N) is 1. The molecule has 1 heterocycles. The highest BCUT2D eigenvalue weighted by Crippen LogP contribution is 2.29. The van der Waals surface area contributed by atoms with Gasteiger partial charge in [-0.05, 0) is 42.4 Å². The zero-order chi connectivity index (χ0) is 14.7. The van der Waals surface area contributed by atoms with Gasteiger partial charge in [0.15, 0.2) is 0 Å². The lowest BCUT2D eigenvalue weighted by molar-refractivity contribution is -0.134. The molecule has 1 fully saturated rings. The van der Waals surface area contributed by atoms with Crippen molar-refractivity contribution in [1.82, 2.24) is 4.90 Å². The van der Waals surface area contributed by atoms with Crippen LogP contribution >= 0.6 is 15.9 Å². The lowest BCUT2D eigenvalue weighted by Gasteiger charge is -2.34. The maximum Gasteiger partial charge on any atom is 0.239 e. The number of benzene rings is 1. The third kappa shape index (κ3) is 3.61. The van der Waals surface area contributed by atoms with Crippen molar-refractivity contribution in [2.24, 2.45) is 11.7 Å². The first-order chi connectivity index (χ1) is 9.49. The quantitative estimate of drug-likeness (QED) is 0.920. The Morgan fingerprint density at radius 1 is 1.25 bits per heavy atom. The minimum Gasteiger partial charge on any atom is -0.341 e. The van der Waals surface area contributed by atoms with Crippen LogP contribution in [0, 0.1) is 5.92 Å². The molecule has 4 heteroatoms. The van der Waals surface area contributed by atoms with E-state index < -0.39 is 0 Å². The van der Waals surface area contributed by atoms with E-state index in [1.165, 1.54) is 5.56 Å². The maximum absolute atomic E-state index is 12.2. The van der Waals surface area contributed by atoms with Crippen molar-refractivity contribution in [3.05, 3.63) is 34.3 Å². The molecule has 3 nitrogen and oxygen atoms in total. The Balaban J connectivity index is 1.92. The average molecular weight is 339 g/mol. The standard InChI is InChI=1S/C16H23BrN2O/c1-11(2)15(18)16(20)19-9-7-13(8-10-19)12-3-5-14(17)6-4-12/h3-6,11,13,15H,7-10,18H2,1-2H3/t15-/m1/s1. The third-order valence-corrected chi connectivity index (χ3v) is 4.68. The Morgan fingerprint density at radius 2 is 1.80 bits per heavy atom. The number of hydrogen-bond donors (Lipinski definition) is 1. The molecule has 0 unspecified atom stereocenters. The van der Waals surface area contributed by atoms with Crippen LogP contribution in [-0.2, 0) is 4.79 Å². The zero-order valence-electron chi connectivity index (χ0n) is 12.2. The van der Waals surface area contributed by atoms with Crippen molar-refractivity contribution < 1.29 is 4.79 Å². The summed E-state index contributed by atoms with van der Waals surface area (Å²) in [4.78, 5) is 14.2. The van der Waals surface area contributed by atoms with Gasteiger partial charge in [-0.1, -0.05) is 41.9 Å². The molecule has 1 aliphatic rings. The van der Waals surface area contributed by atoms with E-state index in [1.807, 2.05) is 18.7 Å². The van der Waals surface area contributed by atoms with Gasteiger partial charge in [-0.15, -0.1) is 0 Å². The summed E-state index contributed by atoms with van der Waals surface area (Å²) in [5.74, 6) is 0.864. The number of amides is 1. The molecule has 2 rings (SSSR count). The third-order valence-electron chi connectivity index (χ3n) is 4.15. The van der Waals surface area contributed by atoms with Crippen molar-refractivity contribution in [3.63, 3.8) is 0 Å². The van der Waals surface area contributed by atoms with Crippen molar-refractivity contribution in [2.75, 3.05) is 13.1 Å². The molecular weight excluding hydrogens is 316 g/mol. The van der Waals surface area contributed by atoms with Crippen molar-refractivity contribution >= 4 is 21.8 Å². The van der Waals surface area contributed by atoms with Gasteiger partial charge < -0.3 is 10.6 Å². The Kier molecular flexibility index (Phi) is 5.22. The molecule has 20 heavy (non-hydrogen) atoms. The van der Waals surface area contributed by atoms with Crippen molar-refractivity contribution in [2.45, 2.75) is 38.6 Å². The van der Waals surface area contributed by atoms with Gasteiger partial charge in [-0.25, -0.2) is 0 Å². The molecule has 1 aromatic carbocycles. The molecule has 0 spiro atoms. The maximum atomic E-state index is 12.2. The minimum atomic E-state index is -0.362. The van der Waals surface area contributed by atoms with E-state index in [-0.39, 0.29) is 17.9 Å². The Bertz CT molecular complexity index is 450. The minimum absolute atomic E-state index is 0.106. The predicted molar refractivity (Wildman–Crippen MR) is 85.5 cm³/mol. The number of likely N-dealkylation sites (tertiary alicyclic amines) is 1. The van der Waals surface area contributed by atoms with Crippen LogP contribution < -0.4 is 5.73 Å². The number of nitrogens with zero attached hydrogens (tertiary/aromatic N) is 1. The van der Waals surface area contributed by atoms with E-state index in [4.69, 9.17) is 5.73 Å². The van der Waals surface area contributed by atoms with E-state index in [0.29, 0.717) is 5.92 Å². The average Bonchev–Trinajstić information content (AvgIpc) is 2.46. The summed E-state index contributed by atoms with van der Waals surface area (Å²) in [5, 5.41) is 0. The molecule has 0 aliphatic carbocycles. The van der Waals surface area contributed by atoms with Gasteiger partial charge >= 0.3 is 0 Å². The first kappa shape index (κ1) is 15.5. The van der Waals surface area contributed by atoms with Crippen LogP contribution in [0.5, 0.6) is 0 Å². The topological polar surface area (TPSA) is 46.3 Å². The van der Waals surface area contributed by atoms with Crippen molar-refractivity contribution in [3.8, 4) is 0 Å². The van der Waals surface area contributed by atoms with Crippen LogP contribution in [0.4, 0.5) is 0 Å². The Hall–Kier alpha value is -0.870. The van der Waals surface area contributed by atoms with E-state index >= 15 is 0 Å².